The van der Waals surface area contributed by atoms with Crippen molar-refractivity contribution in [2.24, 2.45) is 0 Å². The fraction of sp³-hybridized carbons (Fsp3) is 0.188. The van der Waals surface area contributed by atoms with E-state index in [0.717, 1.165) is 11.1 Å². The fourth-order valence-electron chi connectivity index (χ4n) is 1.89. The molecule has 0 saturated carbocycles. The Kier molecular flexibility index (Phi) is 5.15. The molecule has 1 atom stereocenters. The monoisotopic (exact) mass is 271 g/mol. The van der Waals surface area contributed by atoms with Crippen molar-refractivity contribution in [3.63, 3.8) is 0 Å². The van der Waals surface area contributed by atoms with E-state index in [2.05, 4.69) is 5.32 Å². The lowest BCUT2D eigenvalue weighted by atomic mass is 10.1. The molecule has 0 fully saturated rings. The molecule has 2 aromatic rings. The molecule has 1 amide bonds. The number of benzene rings is 2. The van der Waals surface area contributed by atoms with Gasteiger partial charge in [0.15, 0.2) is 0 Å². The van der Waals surface area contributed by atoms with Crippen LogP contribution >= 0.6 is 0 Å². The van der Waals surface area contributed by atoms with Crippen LogP contribution in [0.15, 0.2) is 60.7 Å². The maximum absolute atomic E-state index is 10.8. The van der Waals surface area contributed by atoms with Crippen LogP contribution in [0.2, 0.25) is 0 Å². The third-order valence-electron chi connectivity index (χ3n) is 2.84. The van der Waals surface area contributed by atoms with Gasteiger partial charge in [-0.3, -0.25) is 5.32 Å². The Morgan fingerprint density at radius 1 is 1.00 bits per heavy atom. The number of rotatable bonds is 6. The number of carbonyl (C=O) groups is 1. The summed E-state index contributed by atoms with van der Waals surface area (Å²) in [5.74, 6) is 0. The van der Waals surface area contributed by atoms with E-state index in [1.807, 2.05) is 60.7 Å². The second kappa shape index (κ2) is 7.31. The lowest BCUT2D eigenvalue weighted by molar-refractivity contribution is 0.0202. The second-order valence-electron chi connectivity index (χ2n) is 4.42. The molecule has 1 unspecified atom stereocenters. The summed E-state index contributed by atoms with van der Waals surface area (Å²) in [5.41, 5.74) is 2.04. The van der Waals surface area contributed by atoms with Gasteiger partial charge in [0.2, 0.25) is 0 Å². The molecule has 2 rings (SSSR count). The summed E-state index contributed by atoms with van der Waals surface area (Å²) in [6, 6.07) is 19.3. The Labute approximate surface area is 118 Å². The number of ether oxygens (including phenoxy) is 1. The van der Waals surface area contributed by atoms with E-state index in [4.69, 9.17) is 9.84 Å². The minimum absolute atomic E-state index is 0.374. The van der Waals surface area contributed by atoms with Crippen LogP contribution in [0.1, 0.15) is 11.1 Å². The molecule has 104 valence electrons. The number of carboxylic acid groups (broad SMARTS) is 1. The molecule has 0 aromatic heterocycles. The normalized spacial score (nSPS) is 11.8. The number of hydrogen-bond donors (Lipinski definition) is 2. The van der Waals surface area contributed by atoms with Crippen molar-refractivity contribution >= 4 is 6.09 Å². The van der Waals surface area contributed by atoms with Gasteiger partial charge < -0.3 is 9.84 Å². The second-order valence-corrected chi connectivity index (χ2v) is 4.42. The first-order chi connectivity index (χ1) is 9.74. The maximum atomic E-state index is 10.8. The average Bonchev–Trinajstić information content (AvgIpc) is 2.46. The molecule has 2 aromatic carbocycles. The zero-order chi connectivity index (χ0) is 14.2. The van der Waals surface area contributed by atoms with Crippen molar-refractivity contribution < 1.29 is 14.6 Å². The molecule has 0 aliphatic carbocycles. The molecule has 2 N–H and O–H groups in total. The molecular formula is C16H17NO3. The van der Waals surface area contributed by atoms with Crippen molar-refractivity contribution in [3.05, 3.63) is 71.8 Å². The van der Waals surface area contributed by atoms with Crippen LogP contribution in [0.3, 0.4) is 0 Å². The van der Waals surface area contributed by atoms with Gasteiger partial charge in [-0.15, -0.1) is 0 Å². The van der Waals surface area contributed by atoms with Gasteiger partial charge in [-0.25, -0.2) is 4.79 Å². The maximum Gasteiger partial charge on any atom is 0.406 e. The third-order valence-corrected chi connectivity index (χ3v) is 2.84. The van der Waals surface area contributed by atoms with E-state index in [1.54, 1.807) is 0 Å². The van der Waals surface area contributed by atoms with Gasteiger partial charge in [0.05, 0.1) is 6.61 Å². The van der Waals surface area contributed by atoms with Crippen LogP contribution in [-0.4, -0.2) is 17.4 Å². The first-order valence-electron chi connectivity index (χ1n) is 6.43. The molecule has 0 spiro atoms. The molecule has 4 heteroatoms. The van der Waals surface area contributed by atoms with Gasteiger partial charge in [0.25, 0.3) is 0 Å². The number of amides is 1. The summed E-state index contributed by atoms with van der Waals surface area (Å²) in [6.45, 7) is 0.374. The summed E-state index contributed by atoms with van der Waals surface area (Å²) in [5, 5.41) is 11.3. The van der Waals surface area contributed by atoms with Crippen LogP contribution in [0, 0.1) is 0 Å². The average molecular weight is 271 g/mol. The Hall–Kier alpha value is -2.33. The quantitative estimate of drug-likeness (QED) is 0.794. The highest BCUT2D eigenvalue weighted by molar-refractivity contribution is 5.64. The van der Waals surface area contributed by atoms with Crippen molar-refractivity contribution in [3.8, 4) is 0 Å². The number of nitrogens with one attached hydrogen (secondary N) is 1. The molecular weight excluding hydrogens is 254 g/mol. The minimum atomic E-state index is -1.08. The predicted molar refractivity (Wildman–Crippen MR) is 76.3 cm³/mol. The Morgan fingerprint density at radius 2 is 1.55 bits per heavy atom. The van der Waals surface area contributed by atoms with Gasteiger partial charge >= 0.3 is 6.09 Å². The molecule has 0 radical (unpaired) electrons. The van der Waals surface area contributed by atoms with Crippen LogP contribution in [-0.2, 0) is 17.8 Å². The summed E-state index contributed by atoms with van der Waals surface area (Å²) >= 11 is 0. The van der Waals surface area contributed by atoms with Crippen LogP contribution in [0.4, 0.5) is 4.79 Å². The minimum Gasteiger partial charge on any atom is -0.465 e. The molecule has 0 bridgehead atoms. The van der Waals surface area contributed by atoms with E-state index < -0.39 is 12.3 Å². The SMILES string of the molecule is O=C(O)NC(Cc1ccccc1)OCc1ccccc1. The predicted octanol–water partition coefficient (Wildman–Crippen LogP) is 3.04. The summed E-state index contributed by atoms with van der Waals surface area (Å²) in [4.78, 5) is 10.8. The lowest BCUT2D eigenvalue weighted by Gasteiger charge is -2.18. The van der Waals surface area contributed by atoms with Gasteiger partial charge in [-0.1, -0.05) is 60.7 Å². The fourth-order valence-corrected chi connectivity index (χ4v) is 1.89. The van der Waals surface area contributed by atoms with Crippen LogP contribution in [0.25, 0.3) is 0 Å². The Bertz CT molecular complexity index is 528. The van der Waals surface area contributed by atoms with E-state index in [-0.39, 0.29) is 0 Å². The van der Waals surface area contributed by atoms with E-state index in [1.165, 1.54) is 0 Å². The molecule has 0 saturated heterocycles. The van der Waals surface area contributed by atoms with Crippen molar-refractivity contribution in [2.75, 3.05) is 0 Å². The van der Waals surface area contributed by atoms with Gasteiger partial charge in [0, 0.05) is 6.42 Å². The summed E-state index contributed by atoms with van der Waals surface area (Å²) in [7, 11) is 0. The number of hydrogen-bond acceptors (Lipinski definition) is 2. The topological polar surface area (TPSA) is 58.6 Å². The lowest BCUT2D eigenvalue weighted by Crippen LogP contribution is -2.37. The summed E-state index contributed by atoms with van der Waals surface area (Å²) in [6.07, 6.45) is -1.14. The smallest absolute Gasteiger partial charge is 0.406 e. The molecule has 0 heterocycles. The molecule has 20 heavy (non-hydrogen) atoms. The Balaban J connectivity index is 1.95. The highest BCUT2D eigenvalue weighted by Gasteiger charge is 2.12. The highest BCUT2D eigenvalue weighted by Crippen LogP contribution is 2.08. The van der Waals surface area contributed by atoms with Gasteiger partial charge in [-0.05, 0) is 11.1 Å². The highest BCUT2D eigenvalue weighted by atomic mass is 16.5. The largest absolute Gasteiger partial charge is 0.465 e. The van der Waals surface area contributed by atoms with E-state index >= 15 is 0 Å². The van der Waals surface area contributed by atoms with Crippen LogP contribution in [0.5, 0.6) is 0 Å². The molecule has 0 aliphatic rings. The zero-order valence-corrected chi connectivity index (χ0v) is 11.0. The van der Waals surface area contributed by atoms with Crippen molar-refractivity contribution in [1.29, 1.82) is 0 Å². The van der Waals surface area contributed by atoms with Crippen LogP contribution < -0.4 is 5.32 Å². The first kappa shape index (κ1) is 14.1. The van der Waals surface area contributed by atoms with Gasteiger partial charge in [0.1, 0.15) is 6.23 Å². The van der Waals surface area contributed by atoms with E-state index in [0.29, 0.717) is 13.0 Å². The first-order valence-corrected chi connectivity index (χ1v) is 6.43. The Morgan fingerprint density at radius 3 is 2.10 bits per heavy atom. The van der Waals surface area contributed by atoms with Gasteiger partial charge in [-0.2, -0.15) is 0 Å². The molecule has 4 nitrogen and oxygen atoms in total. The zero-order valence-electron chi connectivity index (χ0n) is 11.0. The third kappa shape index (κ3) is 4.74. The summed E-state index contributed by atoms with van der Waals surface area (Å²) < 4.78 is 5.65. The molecule has 0 aliphatic heterocycles. The van der Waals surface area contributed by atoms with E-state index in [9.17, 15) is 4.79 Å². The van der Waals surface area contributed by atoms with Crippen molar-refractivity contribution in [1.82, 2.24) is 5.32 Å². The van der Waals surface area contributed by atoms with Crippen molar-refractivity contribution in [2.45, 2.75) is 19.3 Å². The standard InChI is InChI=1S/C16H17NO3/c18-16(19)17-15(11-13-7-3-1-4-8-13)20-12-14-9-5-2-6-10-14/h1-10,15,17H,11-12H2,(H,18,19).